The monoisotopic (exact) mass is 242 g/mol. The fourth-order valence-corrected chi connectivity index (χ4v) is 1.51. The van der Waals surface area contributed by atoms with Crippen LogP contribution in [-0.4, -0.2) is 5.78 Å². The molecule has 0 spiro atoms. The van der Waals surface area contributed by atoms with Gasteiger partial charge in [-0.2, -0.15) is 0 Å². The number of unbranched alkanes of at least 4 members (excludes halogenated alkanes) is 3. The first-order valence-corrected chi connectivity index (χ1v) is 5.22. The van der Waals surface area contributed by atoms with E-state index in [0.29, 0.717) is 11.7 Å². The molecule has 88 valence electrons. The first kappa shape index (κ1) is 19.8. The molecule has 0 aromatic carbocycles. The van der Waals surface area contributed by atoms with Gasteiger partial charge in [-0.25, -0.2) is 0 Å². The van der Waals surface area contributed by atoms with E-state index in [9.17, 15) is 4.79 Å². The molecule has 3 heteroatoms. The minimum absolute atomic E-state index is 0. The van der Waals surface area contributed by atoms with Gasteiger partial charge in [0.1, 0.15) is 5.78 Å². The number of hydrogen-bond donors (Lipinski definition) is 0. The van der Waals surface area contributed by atoms with Crippen molar-refractivity contribution >= 4 is 30.6 Å². The van der Waals surface area contributed by atoms with E-state index in [2.05, 4.69) is 13.8 Å². The largest absolute Gasteiger partial charge is 0.300 e. The third-order valence-electron chi connectivity index (χ3n) is 2.47. The molecule has 0 aliphatic rings. The van der Waals surface area contributed by atoms with E-state index in [1.807, 2.05) is 0 Å². The van der Waals surface area contributed by atoms with Crippen LogP contribution < -0.4 is 0 Å². The van der Waals surface area contributed by atoms with E-state index >= 15 is 0 Å². The second-order valence-corrected chi connectivity index (χ2v) is 3.57. The fraction of sp³-hybridized carbons (Fsp3) is 0.909. The quantitative estimate of drug-likeness (QED) is 0.605. The van der Waals surface area contributed by atoms with E-state index < -0.39 is 0 Å². The van der Waals surface area contributed by atoms with Crippen molar-refractivity contribution < 1.29 is 4.79 Å². The summed E-state index contributed by atoms with van der Waals surface area (Å²) >= 11 is 0. The molecule has 0 heterocycles. The third-order valence-corrected chi connectivity index (χ3v) is 2.47. The maximum Gasteiger partial charge on any atom is 0.132 e. The van der Waals surface area contributed by atoms with Gasteiger partial charge in [-0.3, -0.25) is 4.79 Å². The Morgan fingerprint density at radius 1 is 1.07 bits per heavy atom. The summed E-state index contributed by atoms with van der Waals surface area (Å²) < 4.78 is 0. The van der Waals surface area contributed by atoms with Gasteiger partial charge in [0.25, 0.3) is 0 Å². The molecule has 1 nitrogen and oxygen atoms in total. The molecule has 0 rings (SSSR count). The molecule has 0 bridgehead atoms. The molecule has 0 aromatic heterocycles. The summed E-state index contributed by atoms with van der Waals surface area (Å²) in [5.41, 5.74) is 0. The predicted octanol–water partition coefficient (Wildman–Crippen LogP) is 4.42. The van der Waals surface area contributed by atoms with E-state index in [1.165, 1.54) is 25.7 Å². The van der Waals surface area contributed by atoms with Crippen LogP contribution in [0.2, 0.25) is 0 Å². The molecule has 14 heavy (non-hydrogen) atoms. The Balaban J connectivity index is -0.000000605. The molecule has 0 aromatic rings. The van der Waals surface area contributed by atoms with Gasteiger partial charge in [0, 0.05) is 5.92 Å². The van der Waals surface area contributed by atoms with Gasteiger partial charge in [0.15, 0.2) is 0 Å². The lowest BCUT2D eigenvalue weighted by atomic mass is 9.95. The topological polar surface area (TPSA) is 17.1 Å². The lowest BCUT2D eigenvalue weighted by Gasteiger charge is -2.09. The number of carbonyl (C=O) groups is 1. The summed E-state index contributed by atoms with van der Waals surface area (Å²) in [6, 6.07) is 0. The lowest BCUT2D eigenvalue weighted by molar-refractivity contribution is -0.121. The van der Waals surface area contributed by atoms with Crippen LogP contribution >= 0.6 is 24.8 Å². The summed E-state index contributed by atoms with van der Waals surface area (Å²) in [6.45, 7) is 6.03. The molecule has 1 unspecified atom stereocenters. The van der Waals surface area contributed by atoms with Crippen LogP contribution in [0.1, 0.15) is 59.3 Å². The Morgan fingerprint density at radius 2 is 1.64 bits per heavy atom. The van der Waals surface area contributed by atoms with E-state index in [-0.39, 0.29) is 24.8 Å². The van der Waals surface area contributed by atoms with Crippen LogP contribution in [0, 0.1) is 5.92 Å². The number of carbonyl (C=O) groups excluding carboxylic acids is 1. The van der Waals surface area contributed by atoms with Crippen molar-refractivity contribution in [2.75, 3.05) is 0 Å². The molecular formula is C11H24Cl2O. The molecule has 1 atom stereocenters. The average Bonchev–Trinajstić information content (AvgIpc) is 2.04. The van der Waals surface area contributed by atoms with Crippen molar-refractivity contribution in [3.63, 3.8) is 0 Å². The van der Waals surface area contributed by atoms with E-state index in [0.717, 1.165) is 12.8 Å². The first-order valence-electron chi connectivity index (χ1n) is 5.22. The molecular weight excluding hydrogens is 219 g/mol. The summed E-state index contributed by atoms with van der Waals surface area (Å²) in [4.78, 5) is 11.0. The Morgan fingerprint density at radius 3 is 2.00 bits per heavy atom. The van der Waals surface area contributed by atoms with E-state index in [4.69, 9.17) is 0 Å². The normalized spacial score (nSPS) is 11.1. The molecule has 0 amide bonds. The second kappa shape index (κ2) is 13.2. The minimum Gasteiger partial charge on any atom is -0.300 e. The van der Waals surface area contributed by atoms with Gasteiger partial charge in [-0.05, 0) is 19.8 Å². The molecule has 0 aliphatic carbocycles. The Hall–Kier alpha value is 0.250. The Labute approximate surface area is 101 Å². The average molecular weight is 243 g/mol. The Kier molecular flexibility index (Phi) is 18.7. The van der Waals surface area contributed by atoms with Crippen LogP contribution in [-0.2, 0) is 4.79 Å². The zero-order chi connectivity index (χ0) is 9.40. The van der Waals surface area contributed by atoms with Gasteiger partial charge >= 0.3 is 0 Å². The van der Waals surface area contributed by atoms with Gasteiger partial charge in [0.05, 0.1) is 0 Å². The van der Waals surface area contributed by atoms with Crippen LogP contribution in [0.4, 0.5) is 0 Å². The van der Waals surface area contributed by atoms with Crippen LogP contribution in [0.5, 0.6) is 0 Å². The van der Waals surface area contributed by atoms with Crippen molar-refractivity contribution in [2.24, 2.45) is 5.92 Å². The van der Waals surface area contributed by atoms with Crippen LogP contribution in [0.15, 0.2) is 0 Å². The zero-order valence-corrected chi connectivity index (χ0v) is 11.2. The number of halogens is 2. The smallest absolute Gasteiger partial charge is 0.132 e. The molecule has 0 fully saturated rings. The Bertz CT molecular complexity index is 126. The highest BCUT2D eigenvalue weighted by Gasteiger charge is 2.09. The third kappa shape index (κ3) is 10.3. The maximum absolute atomic E-state index is 11.0. The standard InChI is InChI=1S/C11H22O.2ClH/c1-4-6-7-8-9-11(5-2)10(3)12;;/h11H,4-9H2,1-3H3;2*1H. The highest BCUT2D eigenvalue weighted by molar-refractivity contribution is 5.85. The maximum atomic E-state index is 11.0. The minimum atomic E-state index is 0. The second-order valence-electron chi connectivity index (χ2n) is 3.57. The van der Waals surface area contributed by atoms with Crippen molar-refractivity contribution in [2.45, 2.75) is 59.3 Å². The van der Waals surface area contributed by atoms with Crippen molar-refractivity contribution in [3.05, 3.63) is 0 Å². The lowest BCUT2D eigenvalue weighted by Crippen LogP contribution is -2.09. The van der Waals surface area contributed by atoms with Gasteiger partial charge < -0.3 is 0 Å². The van der Waals surface area contributed by atoms with Gasteiger partial charge in [-0.15, -0.1) is 24.8 Å². The number of hydrogen-bond acceptors (Lipinski definition) is 1. The highest BCUT2D eigenvalue weighted by atomic mass is 35.5. The number of ketones is 1. The molecule has 0 N–H and O–H groups in total. The molecule has 0 saturated heterocycles. The fourth-order valence-electron chi connectivity index (χ4n) is 1.51. The summed E-state index contributed by atoms with van der Waals surface area (Å²) in [5.74, 6) is 0.704. The molecule has 0 radical (unpaired) electrons. The predicted molar refractivity (Wildman–Crippen MR) is 67.7 cm³/mol. The first-order chi connectivity index (χ1) is 5.72. The van der Waals surface area contributed by atoms with Crippen molar-refractivity contribution in [1.29, 1.82) is 0 Å². The SMILES string of the molecule is CCCCCCC(CC)C(C)=O.Cl.Cl. The number of rotatable bonds is 7. The molecule has 0 aliphatic heterocycles. The van der Waals surface area contributed by atoms with Crippen molar-refractivity contribution in [1.82, 2.24) is 0 Å². The summed E-state index contributed by atoms with van der Waals surface area (Å²) in [7, 11) is 0. The highest BCUT2D eigenvalue weighted by Crippen LogP contribution is 2.14. The van der Waals surface area contributed by atoms with Crippen LogP contribution in [0.3, 0.4) is 0 Å². The van der Waals surface area contributed by atoms with E-state index in [1.54, 1.807) is 6.92 Å². The molecule has 0 saturated carbocycles. The summed E-state index contributed by atoms with van der Waals surface area (Å²) in [6.07, 6.45) is 7.23. The zero-order valence-electron chi connectivity index (χ0n) is 9.54. The van der Waals surface area contributed by atoms with Crippen LogP contribution in [0.25, 0.3) is 0 Å². The van der Waals surface area contributed by atoms with Crippen molar-refractivity contribution in [3.8, 4) is 0 Å². The van der Waals surface area contributed by atoms with Gasteiger partial charge in [-0.1, -0.05) is 39.5 Å². The summed E-state index contributed by atoms with van der Waals surface area (Å²) in [5, 5.41) is 0. The number of Topliss-reactive ketones (excluding diaryl/α,β-unsaturated/α-hetero) is 1. The van der Waals surface area contributed by atoms with Gasteiger partial charge in [0.2, 0.25) is 0 Å².